The summed E-state index contributed by atoms with van der Waals surface area (Å²) in [7, 11) is 0. The van der Waals surface area contributed by atoms with Crippen molar-refractivity contribution in [1.82, 2.24) is 0 Å². The van der Waals surface area contributed by atoms with Gasteiger partial charge in [-0.1, -0.05) is 11.6 Å². The van der Waals surface area contributed by atoms with Gasteiger partial charge >= 0.3 is 0 Å². The van der Waals surface area contributed by atoms with Crippen LogP contribution in [0.25, 0.3) is 0 Å². The highest BCUT2D eigenvalue weighted by Crippen LogP contribution is 2.28. The molecule has 1 rings (SSSR count). The molecule has 7 heavy (non-hydrogen) atoms. The minimum atomic E-state index is -0.0278. The lowest BCUT2D eigenvalue weighted by molar-refractivity contribution is 0.628. The predicted octanol–water partition coefficient (Wildman–Crippen LogP) is 1.05. The fourth-order valence-electron chi connectivity index (χ4n) is 0.577. The molecule has 0 saturated carbocycles. The van der Waals surface area contributed by atoms with Gasteiger partial charge in [-0.05, 0) is 20.3 Å². The molecule has 1 aliphatic rings. The summed E-state index contributed by atoms with van der Waals surface area (Å²) in [6, 6.07) is 0. The summed E-state index contributed by atoms with van der Waals surface area (Å²) in [4.78, 5) is 0. The SMILES string of the molecule is CC(C)(N)C1=CC1. The molecular formula is C6H11N. The van der Waals surface area contributed by atoms with Crippen LogP contribution in [-0.4, -0.2) is 5.54 Å². The molecule has 0 aromatic rings. The molecule has 0 amide bonds. The van der Waals surface area contributed by atoms with E-state index in [0.29, 0.717) is 0 Å². The molecule has 0 radical (unpaired) electrons. The van der Waals surface area contributed by atoms with Gasteiger partial charge < -0.3 is 5.73 Å². The molecule has 0 spiro atoms. The van der Waals surface area contributed by atoms with Crippen molar-refractivity contribution >= 4 is 0 Å². The average molecular weight is 97.2 g/mol. The molecule has 1 heteroatoms. The zero-order valence-corrected chi connectivity index (χ0v) is 4.86. The van der Waals surface area contributed by atoms with Crippen LogP contribution in [0.5, 0.6) is 0 Å². The molecule has 1 aliphatic carbocycles. The number of hydrogen-bond acceptors (Lipinski definition) is 1. The lowest BCUT2D eigenvalue weighted by atomic mass is 10.0. The van der Waals surface area contributed by atoms with Crippen LogP contribution in [0, 0.1) is 0 Å². The first kappa shape index (κ1) is 4.85. The lowest BCUT2D eigenvalue weighted by Gasteiger charge is -2.12. The summed E-state index contributed by atoms with van der Waals surface area (Å²) < 4.78 is 0. The second-order valence-corrected chi connectivity index (χ2v) is 2.66. The van der Waals surface area contributed by atoms with E-state index in [1.165, 1.54) is 5.57 Å². The smallest absolute Gasteiger partial charge is 0.0314 e. The molecular weight excluding hydrogens is 86.1 g/mol. The molecule has 0 aliphatic heterocycles. The van der Waals surface area contributed by atoms with E-state index in [-0.39, 0.29) is 5.54 Å². The first-order valence-electron chi connectivity index (χ1n) is 2.59. The fraction of sp³-hybridized carbons (Fsp3) is 0.667. The molecule has 0 fully saturated rings. The number of nitrogens with two attached hydrogens (primary N) is 1. The summed E-state index contributed by atoms with van der Waals surface area (Å²) in [6.45, 7) is 4.07. The maximum absolute atomic E-state index is 5.67. The van der Waals surface area contributed by atoms with E-state index < -0.39 is 0 Å². The molecule has 0 atom stereocenters. The highest BCUT2D eigenvalue weighted by atomic mass is 14.7. The average Bonchev–Trinajstić information content (AvgIpc) is 1.99. The Morgan fingerprint density at radius 3 is 2.14 bits per heavy atom. The first-order valence-corrected chi connectivity index (χ1v) is 2.59. The van der Waals surface area contributed by atoms with Gasteiger partial charge in [0.1, 0.15) is 0 Å². The Labute approximate surface area is 44.2 Å². The third-order valence-electron chi connectivity index (χ3n) is 1.24. The highest BCUT2D eigenvalue weighted by Gasteiger charge is 2.22. The van der Waals surface area contributed by atoms with E-state index in [9.17, 15) is 0 Å². The van der Waals surface area contributed by atoms with Crippen LogP contribution in [-0.2, 0) is 0 Å². The van der Waals surface area contributed by atoms with Crippen LogP contribution >= 0.6 is 0 Å². The van der Waals surface area contributed by atoms with Crippen molar-refractivity contribution in [2.75, 3.05) is 0 Å². The van der Waals surface area contributed by atoms with Crippen molar-refractivity contribution in [2.45, 2.75) is 25.8 Å². The van der Waals surface area contributed by atoms with E-state index in [1.807, 2.05) is 13.8 Å². The Bertz CT molecular complexity index is 106. The van der Waals surface area contributed by atoms with Gasteiger partial charge in [0, 0.05) is 5.54 Å². The van der Waals surface area contributed by atoms with Crippen LogP contribution in [0.15, 0.2) is 11.6 Å². The lowest BCUT2D eigenvalue weighted by Crippen LogP contribution is -2.30. The van der Waals surface area contributed by atoms with Gasteiger partial charge in [0.2, 0.25) is 0 Å². The largest absolute Gasteiger partial charge is 0.322 e. The van der Waals surface area contributed by atoms with Crippen molar-refractivity contribution in [3.8, 4) is 0 Å². The van der Waals surface area contributed by atoms with E-state index in [2.05, 4.69) is 6.08 Å². The molecule has 0 bridgehead atoms. The minimum absolute atomic E-state index is 0.0278. The molecule has 0 saturated heterocycles. The standard InChI is InChI=1S/C6H11N/c1-6(2,7)5-3-4-5/h3H,4,7H2,1-2H3. The Balaban J connectivity index is 2.53. The molecule has 0 aromatic heterocycles. The van der Waals surface area contributed by atoms with Crippen LogP contribution in [0.3, 0.4) is 0 Å². The highest BCUT2D eigenvalue weighted by molar-refractivity contribution is 5.31. The third kappa shape index (κ3) is 1.03. The maximum atomic E-state index is 5.67. The normalized spacial score (nSPS) is 19.0. The first-order chi connectivity index (χ1) is 3.11. The Kier molecular flexibility index (Phi) is 0.762. The van der Waals surface area contributed by atoms with Gasteiger partial charge in [-0.15, -0.1) is 0 Å². The summed E-state index contributed by atoms with van der Waals surface area (Å²) >= 11 is 0. The zero-order valence-electron chi connectivity index (χ0n) is 4.86. The van der Waals surface area contributed by atoms with Crippen LogP contribution in [0.1, 0.15) is 20.3 Å². The molecule has 2 N–H and O–H groups in total. The number of rotatable bonds is 1. The van der Waals surface area contributed by atoms with Crippen molar-refractivity contribution in [3.05, 3.63) is 11.6 Å². The van der Waals surface area contributed by atoms with Crippen molar-refractivity contribution in [3.63, 3.8) is 0 Å². The quantitative estimate of drug-likeness (QED) is 0.486. The van der Waals surface area contributed by atoms with Crippen molar-refractivity contribution in [1.29, 1.82) is 0 Å². The van der Waals surface area contributed by atoms with E-state index in [1.54, 1.807) is 0 Å². The topological polar surface area (TPSA) is 26.0 Å². The van der Waals surface area contributed by atoms with Crippen molar-refractivity contribution in [2.24, 2.45) is 5.73 Å². The Morgan fingerprint density at radius 2 is 2.14 bits per heavy atom. The summed E-state index contributed by atoms with van der Waals surface area (Å²) in [6.07, 6.45) is 3.31. The van der Waals surface area contributed by atoms with Gasteiger partial charge in [-0.3, -0.25) is 0 Å². The molecule has 0 heterocycles. The second kappa shape index (κ2) is 1.10. The van der Waals surface area contributed by atoms with Gasteiger partial charge in [0.05, 0.1) is 0 Å². The maximum Gasteiger partial charge on any atom is 0.0314 e. The van der Waals surface area contributed by atoms with Crippen LogP contribution < -0.4 is 5.73 Å². The molecule has 0 unspecified atom stereocenters. The Morgan fingerprint density at radius 1 is 1.71 bits per heavy atom. The molecule has 1 nitrogen and oxygen atoms in total. The summed E-state index contributed by atoms with van der Waals surface area (Å²) in [5, 5.41) is 0. The summed E-state index contributed by atoms with van der Waals surface area (Å²) in [5.74, 6) is 0. The van der Waals surface area contributed by atoms with E-state index in [4.69, 9.17) is 5.73 Å². The summed E-state index contributed by atoms with van der Waals surface area (Å²) in [5.41, 5.74) is 7.04. The third-order valence-corrected chi connectivity index (χ3v) is 1.24. The van der Waals surface area contributed by atoms with Gasteiger partial charge in [-0.25, -0.2) is 0 Å². The predicted molar refractivity (Wildman–Crippen MR) is 31.0 cm³/mol. The number of allylic oxidation sites excluding steroid dienone is 1. The minimum Gasteiger partial charge on any atom is -0.322 e. The Hall–Kier alpha value is -0.300. The monoisotopic (exact) mass is 97.1 g/mol. The zero-order chi connectivity index (χ0) is 5.49. The van der Waals surface area contributed by atoms with Crippen LogP contribution in [0.4, 0.5) is 0 Å². The molecule has 40 valence electrons. The van der Waals surface area contributed by atoms with E-state index >= 15 is 0 Å². The number of hydrogen-bond donors (Lipinski definition) is 1. The fourth-order valence-corrected chi connectivity index (χ4v) is 0.577. The van der Waals surface area contributed by atoms with Gasteiger partial charge in [0.15, 0.2) is 0 Å². The molecule has 0 aromatic carbocycles. The van der Waals surface area contributed by atoms with E-state index in [0.717, 1.165) is 6.42 Å². The van der Waals surface area contributed by atoms with Gasteiger partial charge in [0.25, 0.3) is 0 Å². The van der Waals surface area contributed by atoms with Crippen molar-refractivity contribution < 1.29 is 0 Å². The van der Waals surface area contributed by atoms with Gasteiger partial charge in [-0.2, -0.15) is 0 Å². The van der Waals surface area contributed by atoms with Crippen LogP contribution in [0.2, 0.25) is 0 Å². The second-order valence-electron chi connectivity index (χ2n) is 2.66.